The number of hydrogen-bond donors (Lipinski definition) is 1. The summed E-state index contributed by atoms with van der Waals surface area (Å²) in [6.45, 7) is 7.57. The van der Waals surface area contributed by atoms with Gasteiger partial charge in [-0.15, -0.1) is 0 Å². The predicted octanol–water partition coefficient (Wildman–Crippen LogP) is 4.39. The lowest BCUT2D eigenvalue weighted by atomic mass is 9.95. The molecule has 1 nitrogen and oxygen atoms in total. The topological polar surface area (TPSA) is 12.0 Å². The Morgan fingerprint density at radius 3 is 2.11 bits per heavy atom. The Labute approximate surface area is 116 Å². The lowest BCUT2D eigenvalue weighted by Crippen LogP contribution is -2.23. The first-order valence-corrected chi connectivity index (χ1v) is 7.07. The number of hydrogen-bond acceptors (Lipinski definition) is 1. The van der Waals surface area contributed by atoms with Crippen LogP contribution in [-0.4, -0.2) is 6.54 Å². The summed E-state index contributed by atoms with van der Waals surface area (Å²) in [5.74, 6) is 0. The molecule has 0 aromatic heterocycles. The molecule has 1 heteroatoms. The molecular weight excluding hydrogens is 230 g/mol. The summed E-state index contributed by atoms with van der Waals surface area (Å²) < 4.78 is 0. The fourth-order valence-corrected chi connectivity index (χ4v) is 2.54. The SMILES string of the molecule is CCCNC(c1ccccc1)c1cc(C)cc(C)c1. The molecule has 0 spiro atoms. The van der Waals surface area contributed by atoms with Crippen molar-refractivity contribution in [3.63, 3.8) is 0 Å². The van der Waals surface area contributed by atoms with Crippen molar-refractivity contribution in [2.75, 3.05) is 6.54 Å². The molecule has 0 saturated heterocycles. The van der Waals surface area contributed by atoms with Gasteiger partial charge in [0, 0.05) is 0 Å². The summed E-state index contributed by atoms with van der Waals surface area (Å²) in [5, 5.41) is 3.66. The molecule has 0 bridgehead atoms. The van der Waals surface area contributed by atoms with Gasteiger partial charge >= 0.3 is 0 Å². The van der Waals surface area contributed by atoms with E-state index in [0.29, 0.717) is 6.04 Å². The standard InChI is InChI=1S/C18H23N/c1-4-10-19-18(16-8-6-5-7-9-16)17-12-14(2)11-15(3)13-17/h5-9,11-13,18-19H,4,10H2,1-3H3. The first-order chi connectivity index (χ1) is 9.20. The van der Waals surface area contributed by atoms with Crippen molar-refractivity contribution in [1.82, 2.24) is 5.32 Å². The van der Waals surface area contributed by atoms with Gasteiger partial charge in [0.2, 0.25) is 0 Å². The average molecular weight is 253 g/mol. The Bertz CT molecular complexity index is 496. The Morgan fingerprint density at radius 2 is 1.53 bits per heavy atom. The zero-order valence-corrected chi connectivity index (χ0v) is 12.1. The van der Waals surface area contributed by atoms with Gasteiger partial charge in [-0.25, -0.2) is 0 Å². The van der Waals surface area contributed by atoms with Gasteiger partial charge in [0.25, 0.3) is 0 Å². The maximum absolute atomic E-state index is 3.66. The fraction of sp³-hybridized carbons (Fsp3) is 0.333. The molecule has 0 aliphatic rings. The van der Waals surface area contributed by atoms with Crippen LogP contribution in [0, 0.1) is 13.8 Å². The van der Waals surface area contributed by atoms with Gasteiger partial charge in [-0.2, -0.15) is 0 Å². The lowest BCUT2D eigenvalue weighted by molar-refractivity contribution is 0.598. The van der Waals surface area contributed by atoms with Crippen LogP contribution in [0.1, 0.15) is 41.6 Å². The molecule has 1 atom stereocenters. The van der Waals surface area contributed by atoms with Crippen molar-refractivity contribution in [3.05, 3.63) is 70.8 Å². The minimum absolute atomic E-state index is 0.291. The van der Waals surface area contributed by atoms with Crippen LogP contribution in [0.5, 0.6) is 0 Å². The summed E-state index contributed by atoms with van der Waals surface area (Å²) in [6.07, 6.45) is 1.15. The van der Waals surface area contributed by atoms with E-state index in [4.69, 9.17) is 0 Å². The second-order valence-electron chi connectivity index (χ2n) is 5.22. The van der Waals surface area contributed by atoms with E-state index >= 15 is 0 Å². The van der Waals surface area contributed by atoms with E-state index in [2.05, 4.69) is 74.6 Å². The number of benzene rings is 2. The highest BCUT2D eigenvalue weighted by atomic mass is 14.9. The summed E-state index contributed by atoms with van der Waals surface area (Å²) in [5.41, 5.74) is 5.35. The molecule has 2 rings (SSSR count). The van der Waals surface area contributed by atoms with Crippen LogP contribution in [0.4, 0.5) is 0 Å². The summed E-state index contributed by atoms with van der Waals surface area (Å²) >= 11 is 0. The molecule has 1 unspecified atom stereocenters. The van der Waals surface area contributed by atoms with Crippen molar-refractivity contribution in [2.45, 2.75) is 33.2 Å². The number of nitrogens with one attached hydrogen (secondary N) is 1. The molecular formula is C18H23N. The third-order valence-corrected chi connectivity index (χ3v) is 3.31. The molecule has 0 aliphatic carbocycles. The molecule has 0 heterocycles. The van der Waals surface area contributed by atoms with Crippen molar-refractivity contribution in [2.24, 2.45) is 0 Å². The Kier molecular flexibility index (Phi) is 4.75. The van der Waals surface area contributed by atoms with E-state index in [-0.39, 0.29) is 0 Å². The van der Waals surface area contributed by atoms with Crippen molar-refractivity contribution in [3.8, 4) is 0 Å². The van der Waals surface area contributed by atoms with E-state index < -0.39 is 0 Å². The monoisotopic (exact) mass is 253 g/mol. The van der Waals surface area contributed by atoms with Gasteiger partial charge in [-0.1, -0.05) is 66.6 Å². The van der Waals surface area contributed by atoms with Gasteiger partial charge in [-0.05, 0) is 37.9 Å². The molecule has 100 valence electrons. The molecule has 0 radical (unpaired) electrons. The molecule has 0 fully saturated rings. The van der Waals surface area contributed by atoms with Gasteiger partial charge in [0.05, 0.1) is 6.04 Å². The Hall–Kier alpha value is -1.60. The van der Waals surface area contributed by atoms with Crippen LogP contribution in [0.3, 0.4) is 0 Å². The largest absolute Gasteiger partial charge is 0.306 e. The van der Waals surface area contributed by atoms with Crippen molar-refractivity contribution >= 4 is 0 Å². The van der Waals surface area contributed by atoms with Gasteiger partial charge in [0.1, 0.15) is 0 Å². The highest BCUT2D eigenvalue weighted by Gasteiger charge is 2.13. The highest BCUT2D eigenvalue weighted by molar-refractivity contribution is 5.36. The summed E-state index contributed by atoms with van der Waals surface area (Å²) in [4.78, 5) is 0. The third-order valence-electron chi connectivity index (χ3n) is 3.31. The fourth-order valence-electron chi connectivity index (χ4n) is 2.54. The summed E-state index contributed by atoms with van der Waals surface area (Å²) in [6, 6.07) is 17.8. The zero-order chi connectivity index (χ0) is 13.7. The van der Waals surface area contributed by atoms with Crippen LogP contribution < -0.4 is 5.32 Å². The molecule has 19 heavy (non-hydrogen) atoms. The van der Waals surface area contributed by atoms with E-state index in [9.17, 15) is 0 Å². The quantitative estimate of drug-likeness (QED) is 0.833. The smallest absolute Gasteiger partial charge is 0.0576 e. The van der Waals surface area contributed by atoms with Crippen molar-refractivity contribution in [1.29, 1.82) is 0 Å². The molecule has 2 aromatic carbocycles. The average Bonchev–Trinajstić information content (AvgIpc) is 2.39. The van der Waals surface area contributed by atoms with Gasteiger partial charge < -0.3 is 5.32 Å². The minimum atomic E-state index is 0.291. The molecule has 0 aliphatic heterocycles. The first kappa shape index (κ1) is 13.8. The van der Waals surface area contributed by atoms with Crippen LogP contribution >= 0.6 is 0 Å². The van der Waals surface area contributed by atoms with Gasteiger partial charge in [0.15, 0.2) is 0 Å². The van der Waals surface area contributed by atoms with Crippen LogP contribution in [-0.2, 0) is 0 Å². The second-order valence-corrected chi connectivity index (χ2v) is 5.22. The van der Waals surface area contributed by atoms with Crippen LogP contribution in [0.15, 0.2) is 48.5 Å². The predicted molar refractivity (Wildman–Crippen MR) is 82.5 cm³/mol. The maximum Gasteiger partial charge on any atom is 0.0576 e. The Balaban J connectivity index is 2.36. The molecule has 0 saturated carbocycles. The van der Waals surface area contributed by atoms with E-state index in [0.717, 1.165) is 13.0 Å². The van der Waals surface area contributed by atoms with Crippen molar-refractivity contribution < 1.29 is 0 Å². The lowest BCUT2D eigenvalue weighted by Gasteiger charge is -2.20. The second kappa shape index (κ2) is 6.53. The Morgan fingerprint density at radius 1 is 0.895 bits per heavy atom. The van der Waals surface area contributed by atoms with Crippen LogP contribution in [0.25, 0.3) is 0 Å². The third kappa shape index (κ3) is 3.68. The first-order valence-electron chi connectivity index (χ1n) is 7.07. The normalized spacial score (nSPS) is 12.4. The van der Waals surface area contributed by atoms with E-state index in [1.54, 1.807) is 0 Å². The van der Waals surface area contributed by atoms with E-state index in [1.807, 2.05) is 0 Å². The van der Waals surface area contributed by atoms with Gasteiger partial charge in [-0.3, -0.25) is 0 Å². The number of rotatable bonds is 5. The minimum Gasteiger partial charge on any atom is -0.306 e. The molecule has 2 aromatic rings. The molecule has 0 amide bonds. The zero-order valence-electron chi connectivity index (χ0n) is 12.1. The maximum atomic E-state index is 3.66. The summed E-state index contributed by atoms with van der Waals surface area (Å²) in [7, 11) is 0. The highest BCUT2D eigenvalue weighted by Crippen LogP contribution is 2.24. The van der Waals surface area contributed by atoms with Crippen LogP contribution in [0.2, 0.25) is 0 Å². The number of aryl methyl sites for hydroxylation is 2. The van der Waals surface area contributed by atoms with E-state index in [1.165, 1.54) is 22.3 Å². The molecule has 1 N–H and O–H groups in total.